The first kappa shape index (κ1) is 12.5. The molecule has 0 aromatic rings. The summed E-state index contributed by atoms with van der Waals surface area (Å²) in [6.45, 7) is 8.53. The lowest BCUT2D eigenvalue weighted by Gasteiger charge is -2.24. The number of carbonyl (C=O) groups is 1. The van der Waals surface area contributed by atoms with E-state index < -0.39 is 0 Å². The van der Waals surface area contributed by atoms with Gasteiger partial charge < -0.3 is 10.6 Å². The highest BCUT2D eigenvalue weighted by molar-refractivity contribution is 5.77. The third-order valence-corrected chi connectivity index (χ3v) is 2.95. The summed E-state index contributed by atoms with van der Waals surface area (Å²) in [5.41, 5.74) is 0.208. The fourth-order valence-electron chi connectivity index (χ4n) is 2.05. The predicted molar refractivity (Wildman–Crippen MR) is 61.8 cm³/mol. The van der Waals surface area contributed by atoms with Gasteiger partial charge in [0.1, 0.15) is 0 Å². The summed E-state index contributed by atoms with van der Waals surface area (Å²) >= 11 is 0. The Bertz CT molecular complexity index is 228. The van der Waals surface area contributed by atoms with E-state index in [0.29, 0.717) is 19.1 Å². The van der Waals surface area contributed by atoms with Gasteiger partial charge in [0.2, 0.25) is 5.91 Å². The fraction of sp³-hybridized carbons (Fsp3) is 0.909. The van der Waals surface area contributed by atoms with Gasteiger partial charge in [-0.25, -0.2) is 0 Å². The van der Waals surface area contributed by atoms with E-state index in [0.717, 1.165) is 13.0 Å². The average molecular weight is 213 g/mol. The van der Waals surface area contributed by atoms with Gasteiger partial charge in [0.05, 0.1) is 6.54 Å². The Labute approximate surface area is 92.4 Å². The summed E-state index contributed by atoms with van der Waals surface area (Å²) < 4.78 is 0. The zero-order chi connectivity index (χ0) is 11.5. The molecular formula is C11H23N3O. The molecule has 15 heavy (non-hydrogen) atoms. The lowest BCUT2D eigenvalue weighted by Crippen LogP contribution is -2.41. The van der Waals surface area contributed by atoms with E-state index in [4.69, 9.17) is 0 Å². The van der Waals surface area contributed by atoms with Crippen molar-refractivity contribution in [2.75, 3.05) is 26.7 Å². The number of carbonyl (C=O) groups excluding carboxylic acids is 1. The van der Waals surface area contributed by atoms with Crippen molar-refractivity contribution < 1.29 is 4.79 Å². The van der Waals surface area contributed by atoms with Gasteiger partial charge >= 0.3 is 0 Å². The number of nitrogens with zero attached hydrogens (tertiary/aromatic N) is 1. The van der Waals surface area contributed by atoms with Crippen molar-refractivity contribution in [3.05, 3.63) is 0 Å². The van der Waals surface area contributed by atoms with Crippen LogP contribution in [-0.2, 0) is 4.79 Å². The number of amides is 1. The molecule has 2 N–H and O–H groups in total. The smallest absolute Gasteiger partial charge is 0.234 e. The molecule has 1 heterocycles. The summed E-state index contributed by atoms with van der Waals surface area (Å²) in [7, 11) is 2.02. The van der Waals surface area contributed by atoms with Crippen molar-refractivity contribution in [3.63, 3.8) is 0 Å². The summed E-state index contributed by atoms with van der Waals surface area (Å²) in [6, 6.07) is 0.475. The Morgan fingerprint density at radius 1 is 1.60 bits per heavy atom. The molecule has 1 atom stereocenters. The second kappa shape index (κ2) is 4.94. The molecule has 1 amide bonds. The van der Waals surface area contributed by atoms with E-state index in [1.807, 2.05) is 14.0 Å². The van der Waals surface area contributed by atoms with E-state index >= 15 is 0 Å². The normalized spacial score (nSPS) is 24.5. The molecule has 4 nitrogen and oxygen atoms in total. The molecular weight excluding hydrogens is 190 g/mol. The van der Waals surface area contributed by atoms with Gasteiger partial charge in [-0.05, 0) is 34.2 Å². The average Bonchev–Trinajstić information content (AvgIpc) is 2.46. The predicted octanol–water partition coefficient (Wildman–Crippen LogP) is 0.195. The lowest BCUT2D eigenvalue weighted by molar-refractivity contribution is -0.122. The zero-order valence-electron chi connectivity index (χ0n) is 10.3. The molecule has 1 aliphatic rings. The molecule has 1 fully saturated rings. The molecule has 1 saturated heterocycles. The molecule has 0 saturated carbocycles. The second-order valence-electron chi connectivity index (χ2n) is 4.99. The van der Waals surface area contributed by atoms with Crippen LogP contribution in [-0.4, -0.2) is 49.1 Å². The maximum Gasteiger partial charge on any atom is 0.234 e. The third-order valence-electron chi connectivity index (χ3n) is 2.95. The second-order valence-corrected chi connectivity index (χ2v) is 4.99. The highest BCUT2D eigenvalue weighted by atomic mass is 16.2. The first-order valence-electron chi connectivity index (χ1n) is 5.66. The number of rotatable bonds is 4. The van der Waals surface area contributed by atoms with Crippen LogP contribution in [0, 0.1) is 0 Å². The Balaban J connectivity index is 2.35. The van der Waals surface area contributed by atoms with Crippen molar-refractivity contribution >= 4 is 5.91 Å². The lowest BCUT2D eigenvalue weighted by atomic mass is 10.0. The molecule has 88 valence electrons. The Hall–Kier alpha value is -0.610. The topological polar surface area (TPSA) is 44.4 Å². The summed E-state index contributed by atoms with van der Waals surface area (Å²) in [5.74, 6) is 0.115. The molecule has 1 unspecified atom stereocenters. The number of hydrogen-bond acceptors (Lipinski definition) is 3. The highest BCUT2D eigenvalue weighted by Gasteiger charge is 2.32. The summed E-state index contributed by atoms with van der Waals surface area (Å²) in [6.07, 6.45) is 1.10. The van der Waals surface area contributed by atoms with Crippen LogP contribution in [0.3, 0.4) is 0 Å². The summed E-state index contributed by atoms with van der Waals surface area (Å²) in [4.78, 5) is 13.5. The minimum absolute atomic E-state index is 0.115. The molecule has 0 aromatic heterocycles. The minimum Gasteiger partial charge on any atom is -0.355 e. The fourth-order valence-corrected chi connectivity index (χ4v) is 2.05. The van der Waals surface area contributed by atoms with Gasteiger partial charge in [-0.3, -0.25) is 9.69 Å². The third kappa shape index (κ3) is 3.80. The number of nitrogens with one attached hydrogen (secondary N) is 2. The van der Waals surface area contributed by atoms with Crippen LogP contribution < -0.4 is 10.6 Å². The molecule has 0 spiro atoms. The van der Waals surface area contributed by atoms with Gasteiger partial charge in [-0.15, -0.1) is 0 Å². The Kier molecular flexibility index (Phi) is 4.11. The molecule has 0 bridgehead atoms. The van der Waals surface area contributed by atoms with E-state index in [-0.39, 0.29) is 11.4 Å². The highest BCUT2D eigenvalue weighted by Crippen LogP contribution is 2.20. The maximum absolute atomic E-state index is 11.4. The Morgan fingerprint density at radius 2 is 2.27 bits per heavy atom. The van der Waals surface area contributed by atoms with Crippen molar-refractivity contribution in [1.29, 1.82) is 0 Å². The minimum atomic E-state index is 0.115. The first-order chi connectivity index (χ1) is 6.94. The van der Waals surface area contributed by atoms with Gasteiger partial charge in [-0.1, -0.05) is 0 Å². The van der Waals surface area contributed by atoms with E-state index in [2.05, 4.69) is 29.4 Å². The van der Waals surface area contributed by atoms with E-state index in [1.165, 1.54) is 0 Å². The van der Waals surface area contributed by atoms with Crippen LogP contribution in [0.15, 0.2) is 0 Å². The molecule has 1 rings (SSSR count). The first-order valence-corrected chi connectivity index (χ1v) is 5.66. The molecule has 1 aliphatic heterocycles. The summed E-state index contributed by atoms with van der Waals surface area (Å²) in [5, 5.41) is 6.28. The van der Waals surface area contributed by atoms with Crippen LogP contribution in [0.5, 0.6) is 0 Å². The quantitative estimate of drug-likeness (QED) is 0.701. The number of hydrogen-bond donors (Lipinski definition) is 2. The van der Waals surface area contributed by atoms with Crippen LogP contribution in [0.2, 0.25) is 0 Å². The van der Waals surface area contributed by atoms with Gasteiger partial charge in [0.15, 0.2) is 0 Å². The molecule has 0 aromatic carbocycles. The van der Waals surface area contributed by atoms with Gasteiger partial charge in [0.25, 0.3) is 0 Å². The van der Waals surface area contributed by atoms with Crippen LogP contribution in [0.1, 0.15) is 27.2 Å². The zero-order valence-corrected chi connectivity index (χ0v) is 10.3. The maximum atomic E-state index is 11.4. The van der Waals surface area contributed by atoms with Gasteiger partial charge in [0, 0.05) is 24.7 Å². The van der Waals surface area contributed by atoms with Crippen LogP contribution in [0.25, 0.3) is 0 Å². The van der Waals surface area contributed by atoms with E-state index in [9.17, 15) is 4.79 Å². The number of likely N-dealkylation sites (N-methyl/N-ethyl adjacent to an activating group) is 2. The van der Waals surface area contributed by atoms with Crippen molar-refractivity contribution in [2.45, 2.75) is 38.8 Å². The van der Waals surface area contributed by atoms with Crippen molar-refractivity contribution in [2.24, 2.45) is 0 Å². The largest absolute Gasteiger partial charge is 0.355 e. The van der Waals surface area contributed by atoms with Crippen molar-refractivity contribution in [1.82, 2.24) is 15.5 Å². The molecule has 0 radical (unpaired) electrons. The van der Waals surface area contributed by atoms with Crippen LogP contribution in [0.4, 0.5) is 0 Å². The monoisotopic (exact) mass is 213 g/mol. The van der Waals surface area contributed by atoms with E-state index in [1.54, 1.807) is 0 Å². The van der Waals surface area contributed by atoms with Crippen molar-refractivity contribution in [3.8, 4) is 0 Å². The molecule has 4 heteroatoms. The molecule has 0 aliphatic carbocycles. The van der Waals surface area contributed by atoms with Gasteiger partial charge in [-0.2, -0.15) is 0 Å². The Morgan fingerprint density at radius 3 is 2.73 bits per heavy atom. The SMILES string of the molecule is CCNC(=O)CN(C)C1CNC(C)(C)C1. The van der Waals surface area contributed by atoms with Crippen LogP contribution >= 0.6 is 0 Å². The standard InChI is InChI=1S/C11H23N3O/c1-5-12-10(15)8-14(4)9-6-11(2,3)13-7-9/h9,13H,5-8H2,1-4H3,(H,12,15).